The van der Waals surface area contributed by atoms with Gasteiger partial charge in [-0.05, 0) is 61.1 Å². The van der Waals surface area contributed by atoms with Gasteiger partial charge in [-0.25, -0.2) is 0 Å². The van der Waals surface area contributed by atoms with E-state index in [1.165, 1.54) is 23.3 Å². The zero-order valence-corrected chi connectivity index (χ0v) is 10.8. The van der Waals surface area contributed by atoms with Gasteiger partial charge in [0.25, 0.3) is 0 Å². The monoisotopic (exact) mass is 235 g/mol. The van der Waals surface area contributed by atoms with Gasteiger partial charge < -0.3 is 5.73 Å². The first-order valence-electron chi connectivity index (χ1n) is 6.28. The predicted octanol–water partition coefficient (Wildman–Crippen LogP) is 3.64. The Morgan fingerprint density at radius 3 is 2.50 bits per heavy atom. The van der Waals surface area contributed by atoms with Crippen LogP contribution < -0.4 is 5.73 Å². The maximum Gasteiger partial charge on any atom is 0.00720 e. The lowest BCUT2D eigenvalue weighted by Crippen LogP contribution is -2.09. The van der Waals surface area contributed by atoms with Crippen LogP contribution >= 0.6 is 11.8 Å². The summed E-state index contributed by atoms with van der Waals surface area (Å²) < 4.78 is 0. The molecule has 0 spiro atoms. The van der Waals surface area contributed by atoms with Gasteiger partial charge in [0.05, 0.1) is 0 Å². The summed E-state index contributed by atoms with van der Waals surface area (Å²) in [5.74, 6) is 2.77. The summed E-state index contributed by atoms with van der Waals surface area (Å²) in [6, 6.07) is 9.12. The Hall–Kier alpha value is -0.470. The molecule has 1 atom stereocenters. The van der Waals surface area contributed by atoms with E-state index in [2.05, 4.69) is 31.2 Å². The highest BCUT2D eigenvalue weighted by atomic mass is 32.2. The Labute approximate surface area is 103 Å². The van der Waals surface area contributed by atoms with Gasteiger partial charge in [0.15, 0.2) is 0 Å². The molecule has 1 saturated carbocycles. The first kappa shape index (κ1) is 12.0. The Kier molecular flexibility index (Phi) is 4.30. The van der Waals surface area contributed by atoms with Gasteiger partial charge in [0.1, 0.15) is 0 Å². The summed E-state index contributed by atoms with van der Waals surface area (Å²) in [5, 5.41) is 0. The van der Waals surface area contributed by atoms with Crippen LogP contribution in [0, 0.1) is 5.92 Å². The van der Waals surface area contributed by atoms with Gasteiger partial charge in [-0.2, -0.15) is 0 Å². The van der Waals surface area contributed by atoms with Gasteiger partial charge in [-0.15, -0.1) is 11.8 Å². The Morgan fingerprint density at radius 1 is 1.31 bits per heavy atom. The highest BCUT2D eigenvalue weighted by Crippen LogP contribution is 2.44. The molecule has 1 unspecified atom stereocenters. The Bertz CT molecular complexity index is 316. The van der Waals surface area contributed by atoms with Crippen LogP contribution in [0.3, 0.4) is 0 Å². The maximum absolute atomic E-state index is 5.71. The molecular weight excluding hydrogens is 214 g/mol. The van der Waals surface area contributed by atoms with Crippen molar-refractivity contribution >= 4 is 11.8 Å². The van der Waals surface area contributed by atoms with E-state index < -0.39 is 0 Å². The summed E-state index contributed by atoms with van der Waals surface area (Å²) >= 11 is 1.91. The second-order valence-corrected chi connectivity index (χ2v) is 5.86. The van der Waals surface area contributed by atoms with Crippen LogP contribution in [0.2, 0.25) is 0 Å². The molecule has 0 heterocycles. The number of hydrogen-bond acceptors (Lipinski definition) is 2. The molecule has 1 aliphatic carbocycles. The Morgan fingerprint density at radius 2 is 2.00 bits per heavy atom. The second-order valence-electron chi connectivity index (χ2n) is 4.52. The molecule has 0 radical (unpaired) electrons. The molecule has 1 fully saturated rings. The van der Waals surface area contributed by atoms with E-state index in [0.29, 0.717) is 5.92 Å². The van der Waals surface area contributed by atoms with E-state index >= 15 is 0 Å². The van der Waals surface area contributed by atoms with Crippen molar-refractivity contribution in [2.24, 2.45) is 11.7 Å². The van der Waals surface area contributed by atoms with Crippen LogP contribution in [0.1, 0.15) is 37.7 Å². The molecule has 0 aliphatic heterocycles. The third kappa shape index (κ3) is 3.02. The molecule has 0 aromatic heterocycles. The summed E-state index contributed by atoms with van der Waals surface area (Å²) in [7, 11) is 0. The fourth-order valence-corrected chi connectivity index (χ4v) is 2.99. The molecule has 16 heavy (non-hydrogen) atoms. The van der Waals surface area contributed by atoms with E-state index in [1.54, 1.807) is 0 Å². The maximum atomic E-state index is 5.71. The normalized spacial score (nSPS) is 17.4. The first-order chi connectivity index (χ1) is 7.85. The second kappa shape index (κ2) is 5.74. The number of thioether (sulfide) groups is 1. The fraction of sp³-hybridized carbons (Fsp3) is 0.571. The highest BCUT2D eigenvalue weighted by Gasteiger charge is 2.31. The summed E-state index contributed by atoms with van der Waals surface area (Å²) in [6.45, 7) is 3.01. The van der Waals surface area contributed by atoms with Gasteiger partial charge in [-0.3, -0.25) is 0 Å². The van der Waals surface area contributed by atoms with Crippen LogP contribution in [-0.4, -0.2) is 12.3 Å². The van der Waals surface area contributed by atoms with Crippen LogP contribution in [0.15, 0.2) is 29.2 Å². The molecule has 2 heteroatoms. The molecule has 88 valence electrons. The van der Waals surface area contributed by atoms with E-state index in [9.17, 15) is 0 Å². The third-order valence-corrected chi connectivity index (χ3v) is 4.18. The summed E-state index contributed by atoms with van der Waals surface area (Å²) in [5.41, 5.74) is 7.20. The average molecular weight is 235 g/mol. The van der Waals surface area contributed by atoms with Gasteiger partial charge in [0.2, 0.25) is 0 Å². The molecule has 1 nitrogen and oxygen atoms in total. The third-order valence-electron chi connectivity index (χ3n) is 3.29. The number of nitrogens with two attached hydrogens (primary N) is 1. The smallest absolute Gasteiger partial charge is 0.00720 e. The van der Waals surface area contributed by atoms with Crippen molar-refractivity contribution in [1.29, 1.82) is 0 Å². The lowest BCUT2D eigenvalue weighted by molar-refractivity contribution is 0.565. The van der Waals surface area contributed by atoms with E-state index in [4.69, 9.17) is 5.73 Å². The standard InChI is InChI=1S/C14H21NS/c1-2-16-13-7-5-12(6-8-13)14(9-10-15)11-3-4-11/h5-8,11,14H,2-4,9-10,15H2,1H3. The SMILES string of the molecule is CCSc1ccc(C(CCN)C2CC2)cc1. The molecular formula is C14H21NS. The molecule has 2 rings (SSSR count). The summed E-state index contributed by atoms with van der Waals surface area (Å²) in [6.07, 6.45) is 3.94. The van der Waals surface area contributed by atoms with Crippen molar-refractivity contribution in [3.63, 3.8) is 0 Å². The van der Waals surface area contributed by atoms with Crippen LogP contribution in [0.5, 0.6) is 0 Å². The topological polar surface area (TPSA) is 26.0 Å². The highest BCUT2D eigenvalue weighted by molar-refractivity contribution is 7.99. The zero-order valence-electron chi connectivity index (χ0n) is 9.99. The predicted molar refractivity (Wildman–Crippen MR) is 72.0 cm³/mol. The minimum absolute atomic E-state index is 0.714. The van der Waals surface area contributed by atoms with Crippen LogP contribution in [0.25, 0.3) is 0 Å². The molecule has 1 aliphatic rings. The molecule has 1 aromatic carbocycles. The van der Waals surface area contributed by atoms with Gasteiger partial charge in [0, 0.05) is 4.90 Å². The van der Waals surface area contributed by atoms with Crippen molar-refractivity contribution < 1.29 is 0 Å². The largest absolute Gasteiger partial charge is 0.330 e. The van der Waals surface area contributed by atoms with E-state index in [-0.39, 0.29) is 0 Å². The number of hydrogen-bond donors (Lipinski definition) is 1. The quantitative estimate of drug-likeness (QED) is 0.762. The molecule has 0 saturated heterocycles. The summed E-state index contributed by atoms with van der Waals surface area (Å²) in [4.78, 5) is 1.38. The number of rotatable bonds is 6. The minimum Gasteiger partial charge on any atom is -0.330 e. The van der Waals surface area contributed by atoms with E-state index in [1.807, 2.05) is 11.8 Å². The molecule has 0 amide bonds. The Balaban J connectivity index is 2.05. The zero-order chi connectivity index (χ0) is 11.4. The van der Waals surface area contributed by atoms with Crippen molar-refractivity contribution in [1.82, 2.24) is 0 Å². The molecule has 2 N–H and O–H groups in total. The van der Waals surface area contributed by atoms with Crippen molar-refractivity contribution in [2.75, 3.05) is 12.3 Å². The van der Waals surface area contributed by atoms with Gasteiger partial charge >= 0.3 is 0 Å². The van der Waals surface area contributed by atoms with Crippen LogP contribution in [0.4, 0.5) is 0 Å². The minimum atomic E-state index is 0.714. The lowest BCUT2D eigenvalue weighted by atomic mass is 9.91. The van der Waals surface area contributed by atoms with Crippen LogP contribution in [-0.2, 0) is 0 Å². The first-order valence-corrected chi connectivity index (χ1v) is 7.26. The number of benzene rings is 1. The average Bonchev–Trinajstić information content (AvgIpc) is 3.12. The van der Waals surface area contributed by atoms with Crippen molar-refractivity contribution in [3.8, 4) is 0 Å². The fourth-order valence-electron chi connectivity index (χ4n) is 2.33. The lowest BCUT2D eigenvalue weighted by Gasteiger charge is -2.16. The van der Waals surface area contributed by atoms with Crippen molar-refractivity contribution in [3.05, 3.63) is 29.8 Å². The van der Waals surface area contributed by atoms with E-state index in [0.717, 1.165) is 24.6 Å². The van der Waals surface area contributed by atoms with Gasteiger partial charge in [-0.1, -0.05) is 19.1 Å². The van der Waals surface area contributed by atoms with Crippen molar-refractivity contribution in [2.45, 2.75) is 37.0 Å². The molecule has 1 aromatic rings. The molecule has 0 bridgehead atoms.